The summed E-state index contributed by atoms with van der Waals surface area (Å²) >= 11 is 0. The highest BCUT2D eigenvalue weighted by atomic mass is 19.4. The maximum atomic E-state index is 12.2. The molecule has 0 unspecified atom stereocenters. The first-order valence-corrected chi connectivity index (χ1v) is 8.63. The van der Waals surface area contributed by atoms with Crippen molar-refractivity contribution in [2.24, 2.45) is 5.92 Å². The Balaban J connectivity index is 1.60. The van der Waals surface area contributed by atoms with E-state index < -0.39 is 12.7 Å². The van der Waals surface area contributed by atoms with Gasteiger partial charge in [0, 0.05) is 23.2 Å². The largest absolute Gasteiger partial charge is 0.573 e. The zero-order valence-corrected chi connectivity index (χ0v) is 15.1. The average molecular weight is 389 g/mol. The van der Waals surface area contributed by atoms with Gasteiger partial charge in [-0.3, -0.25) is 4.98 Å². The first-order valence-electron chi connectivity index (χ1n) is 8.63. The third-order valence-corrected chi connectivity index (χ3v) is 3.87. The third-order valence-electron chi connectivity index (χ3n) is 3.87. The van der Waals surface area contributed by atoms with E-state index in [0.717, 1.165) is 0 Å². The van der Waals surface area contributed by atoms with Crippen LogP contribution in [0.3, 0.4) is 0 Å². The lowest BCUT2D eigenvalue weighted by Gasteiger charge is -2.24. The van der Waals surface area contributed by atoms with Crippen LogP contribution < -0.4 is 4.74 Å². The number of nitrogens with zero attached hydrogens (tertiary/aromatic N) is 1. The molecule has 0 radical (unpaired) electrons. The molecule has 1 fully saturated rings. The second-order valence-electron chi connectivity index (χ2n) is 6.06. The number of aromatic nitrogens is 1. The molecule has 1 aliphatic heterocycles. The minimum Gasteiger partial charge on any atom is -0.406 e. The fourth-order valence-electron chi connectivity index (χ4n) is 2.59. The van der Waals surface area contributed by atoms with E-state index in [1.54, 1.807) is 18.3 Å². The summed E-state index contributed by atoms with van der Waals surface area (Å²) in [5, 5.41) is 0. The van der Waals surface area contributed by atoms with Gasteiger partial charge in [-0.15, -0.1) is 13.2 Å². The summed E-state index contributed by atoms with van der Waals surface area (Å²) in [5.74, 6) is 5.83. The second kappa shape index (κ2) is 8.91. The minimum atomic E-state index is -4.71. The molecule has 0 spiro atoms. The van der Waals surface area contributed by atoms with E-state index in [9.17, 15) is 13.2 Å². The van der Waals surface area contributed by atoms with E-state index in [0.29, 0.717) is 30.0 Å². The van der Waals surface area contributed by atoms with Gasteiger partial charge in [-0.25, -0.2) is 0 Å². The predicted molar refractivity (Wildman–Crippen MR) is 97.2 cm³/mol. The molecule has 0 amide bonds. The lowest BCUT2D eigenvalue weighted by atomic mass is 10.1. The number of hydrogen-bond donors (Lipinski definition) is 0. The first kappa shape index (κ1) is 19.9. The van der Waals surface area contributed by atoms with Crippen molar-refractivity contribution in [1.29, 1.82) is 0 Å². The van der Waals surface area contributed by atoms with Gasteiger partial charge in [0.25, 0.3) is 0 Å². The molecule has 0 N–H and O–H groups in total. The second-order valence-corrected chi connectivity index (χ2v) is 6.06. The Kier molecular flexibility index (Phi) is 6.34. The van der Waals surface area contributed by atoms with Crippen LogP contribution in [0.4, 0.5) is 13.2 Å². The Morgan fingerprint density at radius 2 is 1.82 bits per heavy atom. The zero-order valence-electron chi connectivity index (χ0n) is 15.1. The number of ether oxygens (including phenoxy) is 3. The molecule has 1 saturated heterocycles. The molecule has 1 aromatic heterocycles. The molecule has 0 saturated carbocycles. The number of allylic oxidation sites excluding steroid dienone is 1. The van der Waals surface area contributed by atoms with Gasteiger partial charge in [-0.2, -0.15) is 0 Å². The molecule has 2 aromatic rings. The van der Waals surface area contributed by atoms with E-state index in [2.05, 4.69) is 21.6 Å². The van der Waals surface area contributed by atoms with E-state index in [-0.39, 0.29) is 11.7 Å². The van der Waals surface area contributed by atoms with E-state index in [1.807, 2.05) is 19.1 Å². The molecular weight excluding hydrogens is 371 g/mol. The van der Waals surface area contributed by atoms with Crippen molar-refractivity contribution in [1.82, 2.24) is 4.98 Å². The summed E-state index contributed by atoms with van der Waals surface area (Å²) in [4.78, 5) is 4.30. The highest BCUT2D eigenvalue weighted by Crippen LogP contribution is 2.25. The SMILES string of the molecule is CC=C[C@H]1CO[C@H](C#Cc2ccc(-c3ccc(OC(F)(F)F)cc3)nc2)OC1. The van der Waals surface area contributed by atoms with Crippen molar-refractivity contribution in [2.45, 2.75) is 19.6 Å². The molecule has 1 aliphatic rings. The van der Waals surface area contributed by atoms with Gasteiger partial charge >= 0.3 is 6.36 Å². The van der Waals surface area contributed by atoms with Gasteiger partial charge in [0.1, 0.15) is 5.75 Å². The van der Waals surface area contributed by atoms with Crippen LogP contribution >= 0.6 is 0 Å². The Hall–Kier alpha value is -2.82. The predicted octanol–water partition coefficient (Wildman–Crippen LogP) is 4.56. The summed E-state index contributed by atoms with van der Waals surface area (Å²) in [6, 6.07) is 9.04. The summed E-state index contributed by atoms with van der Waals surface area (Å²) in [7, 11) is 0. The number of hydrogen-bond acceptors (Lipinski definition) is 4. The summed E-state index contributed by atoms with van der Waals surface area (Å²) in [5.41, 5.74) is 1.97. The van der Waals surface area contributed by atoms with Crippen LogP contribution in [-0.4, -0.2) is 30.9 Å². The van der Waals surface area contributed by atoms with Gasteiger partial charge in [-0.05, 0) is 49.2 Å². The minimum absolute atomic E-state index is 0.247. The molecule has 0 atom stereocenters. The maximum absolute atomic E-state index is 12.2. The third kappa shape index (κ3) is 5.84. The molecule has 0 aliphatic carbocycles. The van der Waals surface area contributed by atoms with Crippen molar-refractivity contribution in [3.05, 3.63) is 60.3 Å². The number of halogens is 3. The quantitative estimate of drug-likeness (QED) is 0.570. The number of alkyl halides is 3. The number of pyridine rings is 1. The van der Waals surface area contributed by atoms with Crippen LogP contribution in [0.25, 0.3) is 11.3 Å². The Morgan fingerprint density at radius 3 is 2.39 bits per heavy atom. The van der Waals surface area contributed by atoms with Crippen molar-refractivity contribution >= 4 is 0 Å². The lowest BCUT2D eigenvalue weighted by molar-refractivity contribution is -0.274. The molecule has 0 bridgehead atoms. The van der Waals surface area contributed by atoms with Crippen molar-refractivity contribution in [2.75, 3.05) is 13.2 Å². The Morgan fingerprint density at radius 1 is 1.11 bits per heavy atom. The fraction of sp³-hybridized carbons (Fsp3) is 0.286. The Labute approximate surface area is 160 Å². The maximum Gasteiger partial charge on any atom is 0.573 e. The van der Waals surface area contributed by atoms with Crippen LogP contribution in [0.5, 0.6) is 5.75 Å². The van der Waals surface area contributed by atoms with Crippen LogP contribution in [0, 0.1) is 17.8 Å². The molecule has 3 rings (SSSR count). The summed E-state index contributed by atoms with van der Waals surface area (Å²) < 4.78 is 51.5. The lowest BCUT2D eigenvalue weighted by Crippen LogP contribution is -2.30. The fourth-order valence-corrected chi connectivity index (χ4v) is 2.59. The van der Waals surface area contributed by atoms with Crippen LogP contribution in [-0.2, 0) is 9.47 Å². The van der Waals surface area contributed by atoms with Crippen LogP contribution in [0.2, 0.25) is 0 Å². The molecule has 4 nitrogen and oxygen atoms in total. The standard InChI is InChI=1S/C21H18F3NO3/c1-2-3-16-13-26-20(27-14-16)11-5-15-4-10-19(25-12-15)17-6-8-18(9-7-17)28-21(22,23)24/h2-4,6-10,12,16,20H,13-14H2,1H3/t16-,20-. The van der Waals surface area contributed by atoms with Crippen molar-refractivity contribution < 1.29 is 27.4 Å². The van der Waals surface area contributed by atoms with Gasteiger partial charge in [0.05, 0.1) is 18.9 Å². The molecule has 2 heterocycles. The molecule has 1 aromatic carbocycles. The van der Waals surface area contributed by atoms with Crippen molar-refractivity contribution in [3.8, 4) is 28.8 Å². The first-order chi connectivity index (χ1) is 13.4. The van der Waals surface area contributed by atoms with E-state index >= 15 is 0 Å². The van der Waals surface area contributed by atoms with Gasteiger partial charge in [0.15, 0.2) is 0 Å². The Bertz CT molecular complexity index is 857. The highest BCUT2D eigenvalue weighted by molar-refractivity contribution is 5.60. The monoisotopic (exact) mass is 389 g/mol. The number of benzene rings is 1. The summed E-state index contributed by atoms with van der Waals surface area (Å²) in [6.45, 7) is 3.08. The van der Waals surface area contributed by atoms with E-state index in [4.69, 9.17) is 9.47 Å². The molecular formula is C21H18F3NO3. The van der Waals surface area contributed by atoms with Crippen molar-refractivity contribution in [3.63, 3.8) is 0 Å². The molecule has 146 valence electrons. The smallest absolute Gasteiger partial charge is 0.406 e. The van der Waals surface area contributed by atoms with Gasteiger partial charge < -0.3 is 14.2 Å². The zero-order chi connectivity index (χ0) is 20.0. The highest BCUT2D eigenvalue weighted by Gasteiger charge is 2.30. The average Bonchev–Trinajstić information content (AvgIpc) is 2.68. The van der Waals surface area contributed by atoms with Gasteiger partial charge in [0.2, 0.25) is 6.29 Å². The van der Waals surface area contributed by atoms with Gasteiger partial charge in [-0.1, -0.05) is 18.1 Å². The normalized spacial score (nSPS) is 19.9. The molecule has 28 heavy (non-hydrogen) atoms. The molecule has 7 heteroatoms. The summed E-state index contributed by atoms with van der Waals surface area (Å²) in [6.07, 6.45) is 0.317. The number of rotatable bonds is 3. The van der Waals surface area contributed by atoms with Crippen LogP contribution in [0.15, 0.2) is 54.7 Å². The van der Waals surface area contributed by atoms with Crippen LogP contribution in [0.1, 0.15) is 12.5 Å². The topological polar surface area (TPSA) is 40.6 Å². The van der Waals surface area contributed by atoms with E-state index in [1.165, 1.54) is 24.3 Å².